The van der Waals surface area contributed by atoms with E-state index in [1.165, 1.54) is 11.3 Å². The molecule has 8 nitrogen and oxygen atoms in total. The highest BCUT2D eigenvalue weighted by molar-refractivity contribution is 5.99. The number of anilines is 1. The highest BCUT2D eigenvalue weighted by Crippen LogP contribution is 2.38. The number of hydrogen-bond donors (Lipinski definition) is 2. The van der Waals surface area contributed by atoms with Gasteiger partial charge in [-0.05, 0) is 104 Å². The minimum Gasteiger partial charge on any atom is -0.447 e. The number of aliphatic hydroxyl groups excluding tert-OH is 1. The number of amides is 2. The summed E-state index contributed by atoms with van der Waals surface area (Å²) in [5, 5.41) is 14.3. The average molecular weight is 599 g/mol. The third kappa shape index (κ3) is 6.61. The van der Waals surface area contributed by atoms with Crippen molar-refractivity contribution in [2.24, 2.45) is 11.3 Å². The number of pyridine rings is 1. The Bertz CT molecular complexity index is 1520. The van der Waals surface area contributed by atoms with Crippen LogP contribution < -0.4 is 10.2 Å². The minimum absolute atomic E-state index is 0.105. The minimum atomic E-state index is -0.328. The molecule has 1 unspecified atom stereocenters. The fourth-order valence-electron chi connectivity index (χ4n) is 7.02. The summed E-state index contributed by atoms with van der Waals surface area (Å²) in [7, 11) is 0. The fourth-order valence-corrected chi connectivity index (χ4v) is 7.02. The van der Waals surface area contributed by atoms with Gasteiger partial charge in [0.2, 0.25) is 0 Å². The van der Waals surface area contributed by atoms with Gasteiger partial charge in [-0.1, -0.05) is 32.9 Å². The summed E-state index contributed by atoms with van der Waals surface area (Å²) in [6, 6.07) is 13.9. The van der Waals surface area contributed by atoms with Crippen LogP contribution in [0.25, 0.3) is 10.9 Å². The molecule has 2 fully saturated rings. The number of fused-ring (bicyclic) bond motifs is 2. The Kier molecular flexibility index (Phi) is 8.66. The van der Waals surface area contributed by atoms with Crippen LogP contribution in [0.4, 0.5) is 10.5 Å². The number of nitrogens with one attached hydrogen (secondary N) is 1. The average Bonchev–Trinajstić information content (AvgIpc) is 3.44. The quantitative estimate of drug-likeness (QED) is 0.348. The SMILES string of the molecule is Cc1cc(C(=O)N[C@H](CCN2CCC(O)CC2)c2ccc(N3CCOC3=O)cc2)cc2cc3c(nc12)CCC(C(C)(C)C)C3. The van der Waals surface area contributed by atoms with Crippen molar-refractivity contribution in [3.63, 3.8) is 0 Å². The van der Waals surface area contributed by atoms with Crippen molar-refractivity contribution < 1.29 is 19.4 Å². The first-order valence-electron chi connectivity index (χ1n) is 16.2. The van der Waals surface area contributed by atoms with Crippen molar-refractivity contribution in [1.29, 1.82) is 0 Å². The molecule has 2 aliphatic heterocycles. The normalized spacial score (nSPS) is 20.4. The molecular weight excluding hydrogens is 552 g/mol. The van der Waals surface area contributed by atoms with Gasteiger partial charge in [-0.2, -0.15) is 0 Å². The summed E-state index contributed by atoms with van der Waals surface area (Å²) in [5.74, 6) is 0.514. The summed E-state index contributed by atoms with van der Waals surface area (Å²) >= 11 is 0. The maximum absolute atomic E-state index is 13.9. The van der Waals surface area contributed by atoms with E-state index in [4.69, 9.17) is 9.72 Å². The first kappa shape index (κ1) is 30.5. The van der Waals surface area contributed by atoms with Gasteiger partial charge in [0.15, 0.2) is 0 Å². The summed E-state index contributed by atoms with van der Waals surface area (Å²) in [4.78, 5) is 35.0. The molecule has 3 aromatic rings. The summed E-state index contributed by atoms with van der Waals surface area (Å²) in [6.45, 7) is 12.5. The molecule has 2 amide bonds. The van der Waals surface area contributed by atoms with Gasteiger partial charge in [0.05, 0.1) is 24.2 Å². The first-order valence-corrected chi connectivity index (χ1v) is 16.2. The van der Waals surface area contributed by atoms with Crippen LogP contribution in [0.5, 0.6) is 0 Å². The highest BCUT2D eigenvalue weighted by atomic mass is 16.6. The van der Waals surface area contributed by atoms with E-state index in [1.807, 2.05) is 43.3 Å². The zero-order valence-corrected chi connectivity index (χ0v) is 26.6. The smallest absolute Gasteiger partial charge is 0.414 e. The zero-order chi connectivity index (χ0) is 31.0. The fraction of sp³-hybridized carbons (Fsp3) is 0.528. The Morgan fingerprint density at radius 3 is 2.52 bits per heavy atom. The van der Waals surface area contributed by atoms with Crippen LogP contribution >= 0.6 is 0 Å². The largest absolute Gasteiger partial charge is 0.447 e. The number of piperidine rings is 1. The topological polar surface area (TPSA) is 95.0 Å². The number of aryl methyl sites for hydroxylation is 2. The molecule has 0 saturated carbocycles. The van der Waals surface area contributed by atoms with Gasteiger partial charge < -0.3 is 20.1 Å². The van der Waals surface area contributed by atoms with Crippen LogP contribution in [0.15, 0.2) is 42.5 Å². The van der Waals surface area contributed by atoms with Gasteiger partial charge in [0.1, 0.15) is 6.61 Å². The molecule has 2 aromatic carbocycles. The van der Waals surface area contributed by atoms with Crippen molar-refractivity contribution in [3.05, 3.63) is 70.4 Å². The first-order chi connectivity index (χ1) is 21.0. The van der Waals surface area contributed by atoms with E-state index in [0.717, 1.165) is 85.9 Å². The number of hydrogen-bond acceptors (Lipinski definition) is 6. The lowest BCUT2D eigenvalue weighted by atomic mass is 9.71. The molecule has 1 aliphatic carbocycles. The molecular formula is C36H46N4O4. The lowest BCUT2D eigenvalue weighted by molar-refractivity contribution is 0.0795. The van der Waals surface area contributed by atoms with Crippen molar-refractivity contribution in [2.45, 2.75) is 78.4 Å². The molecule has 6 rings (SSSR count). The van der Waals surface area contributed by atoms with Gasteiger partial charge in [0.25, 0.3) is 5.91 Å². The Morgan fingerprint density at radius 1 is 1.09 bits per heavy atom. The molecule has 2 N–H and O–H groups in total. The van der Waals surface area contributed by atoms with Gasteiger partial charge in [-0.15, -0.1) is 0 Å². The maximum Gasteiger partial charge on any atom is 0.414 e. The molecule has 1 aromatic heterocycles. The molecule has 8 heteroatoms. The molecule has 0 bridgehead atoms. The number of likely N-dealkylation sites (tertiary alicyclic amines) is 1. The second-order valence-corrected chi connectivity index (χ2v) is 14.0. The Balaban J connectivity index is 1.24. The van der Waals surface area contributed by atoms with Crippen molar-refractivity contribution in [3.8, 4) is 0 Å². The van der Waals surface area contributed by atoms with Crippen LogP contribution in [0.3, 0.4) is 0 Å². The second-order valence-electron chi connectivity index (χ2n) is 14.0. The van der Waals surface area contributed by atoms with E-state index in [1.54, 1.807) is 4.90 Å². The van der Waals surface area contributed by atoms with Crippen LogP contribution in [-0.4, -0.2) is 65.9 Å². The van der Waals surface area contributed by atoms with Gasteiger partial charge in [-0.25, -0.2) is 4.79 Å². The molecule has 0 spiro atoms. The van der Waals surface area contributed by atoms with E-state index in [2.05, 4.69) is 37.1 Å². The molecule has 234 valence electrons. The van der Waals surface area contributed by atoms with Crippen LogP contribution in [0, 0.1) is 18.3 Å². The molecule has 0 radical (unpaired) electrons. The Hall–Kier alpha value is -3.49. The number of carbonyl (C=O) groups is 2. The van der Waals surface area contributed by atoms with E-state index in [9.17, 15) is 14.7 Å². The zero-order valence-electron chi connectivity index (χ0n) is 26.6. The number of nitrogens with zero attached hydrogens (tertiary/aromatic N) is 3. The van der Waals surface area contributed by atoms with Crippen molar-refractivity contribution in [1.82, 2.24) is 15.2 Å². The van der Waals surface area contributed by atoms with Gasteiger partial charge in [0, 0.05) is 42.0 Å². The maximum atomic E-state index is 13.9. The predicted octanol–water partition coefficient (Wildman–Crippen LogP) is 5.97. The summed E-state index contributed by atoms with van der Waals surface area (Å²) in [6.07, 6.45) is 4.94. The van der Waals surface area contributed by atoms with Gasteiger partial charge in [-0.3, -0.25) is 14.7 Å². The van der Waals surface area contributed by atoms with Crippen LogP contribution in [0.2, 0.25) is 0 Å². The van der Waals surface area contributed by atoms with E-state index >= 15 is 0 Å². The molecule has 2 saturated heterocycles. The van der Waals surface area contributed by atoms with E-state index in [-0.39, 0.29) is 29.6 Å². The number of rotatable bonds is 7. The van der Waals surface area contributed by atoms with Crippen LogP contribution in [-0.2, 0) is 17.6 Å². The van der Waals surface area contributed by atoms with E-state index < -0.39 is 0 Å². The highest BCUT2D eigenvalue weighted by Gasteiger charge is 2.30. The second kappa shape index (κ2) is 12.5. The van der Waals surface area contributed by atoms with Gasteiger partial charge >= 0.3 is 6.09 Å². The number of benzene rings is 2. The predicted molar refractivity (Wildman–Crippen MR) is 173 cm³/mol. The summed E-state index contributed by atoms with van der Waals surface area (Å²) in [5.41, 5.74) is 7.19. The number of aromatic nitrogens is 1. The Morgan fingerprint density at radius 2 is 1.84 bits per heavy atom. The number of ether oxygens (including phenoxy) is 1. The van der Waals surface area contributed by atoms with Crippen LogP contribution in [0.1, 0.15) is 85.2 Å². The standard InChI is InChI=1S/C36H46N4O4/c1-23-19-27(21-26-20-25-22-28(36(2,3)4)7-10-31(25)37-33(23)26)34(42)38-32(13-16-39-14-11-30(41)12-15-39)24-5-8-29(9-6-24)40-17-18-44-35(40)43/h5-6,8-9,19-21,28,30,32,41H,7,10-18,22H2,1-4H3,(H,38,42)/t28?,32-/m1/s1. The molecule has 44 heavy (non-hydrogen) atoms. The Labute approximate surface area is 260 Å². The lowest BCUT2D eigenvalue weighted by Gasteiger charge is -2.34. The third-order valence-corrected chi connectivity index (χ3v) is 9.92. The molecule has 3 heterocycles. The van der Waals surface area contributed by atoms with E-state index in [0.29, 0.717) is 24.6 Å². The third-order valence-electron chi connectivity index (χ3n) is 9.92. The monoisotopic (exact) mass is 598 g/mol. The lowest BCUT2D eigenvalue weighted by Crippen LogP contribution is -2.38. The number of aliphatic hydroxyl groups is 1. The number of carbonyl (C=O) groups excluding carboxylic acids is 2. The molecule has 2 atom stereocenters. The van der Waals surface area contributed by atoms with Crippen molar-refractivity contribution >= 4 is 28.6 Å². The van der Waals surface area contributed by atoms with Crippen molar-refractivity contribution in [2.75, 3.05) is 37.7 Å². The molecule has 3 aliphatic rings. The number of cyclic esters (lactones) is 1. The summed E-state index contributed by atoms with van der Waals surface area (Å²) < 4.78 is 5.11.